The first-order chi connectivity index (χ1) is 15.5. The number of carbonyl (C=O) groups is 1. The fourth-order valence-corrected chi connectivity index (χ4v) is 5.33. The van der Waals surface area contributed by atoms with Crippen molar-refractivity contribution in [2.24, 2.45) is 0 Å². The molecule has 0 bridgehead atoms. The van der Waals surface area contributed by atoms with Crippen LogP contribution in [0.5, 0.6) is 0 Å². The summed E-state index contributed by atoms with van der Waals surface area (Å²) in [6, 6.07) is 13.3. The van der Waals surface area contributed by atoms with Gasteiger partial charge in [0.2, 0.25) is 5.91 Å². The van der Waals surface area contributed by atoms with Crippen LogP contribution >= 0.6 is 11.3 Å². The lowest BCUT2D eigenvalue weighted by atomic mass is 10.1. The summed E-state index contributed by atoms with van der Waals surface area (Å²) in [6.45, 7) is 9.52. The molecule has 176 valence electrons. The third-order valence-electron chi connectivity index (χ3n) is 4.41. The van der Waals surface area contributed by atoms with Gasteiger partial charge in [0, 0.05) is 42.7 Å². The minimum atomic E-state index is -1.49. The summed E-state index contributed by atoms with van der Waals surface area (Å²) in [5.41, 5.74) is 2.94. The van der Waals surface area contributed by atoms with Gasteiger partial charge in [0.1, 0.15) is 5.01 Å². The summed E-state index contributed by atoms with van der Waals surface area (Å²) in [6.07, 6.45) is 1.36. The number of anilines is 2. The molecule has 0 aliphatic heterocycles. The van der Waals surface area contributed by atoms with E-state index in [1.165, 1.54) is 18.3 Å². The Hall–Kier alpha value is -2.43. The van der Waals surface area contributed by atoms with E-state index in [0.29, 0.717) is 17.1 Å². The molecule has 2 unspecified atom stereocenters. The third-order valence-corrected chi connectivity index (χ3v) is 7.02. The molecule has 0 fully saturated rings. The molecular formula is C24H30N4O3S2. The van der Waals surface area contributed by atoms with Gasteiger partial charge in [0.15, 0.2) is 4.90 Å². The van der Waals surface area contributed by atoms with E-state index in [9.17, 15) is 14.5 Å². The number of aromatic nitrogens is 1. The largest absolute Gasteiger partial charge is 0.593 e. The van der Waals surface area contributed by atoms with E-state index in [2.05, 4.69) is 20.3 Å². The normalized spacial score (nSPS) is 13.4. The topological polar surface area (TPSA) is 109 Å². The number of aliphatic hydroxyl groups excluding tert-OH is 1. The van der Waals surface area contributed by atoms with Crippen molar-refractivity contribution in [1.29, 1.82) is 0 Å². The summed E-state index contributed by atoms with van der Waals surface area (Å²) in [5, 5.41) is 16.2. The van der Waals surface area contributed by atoms with Crippen LogP contribution in [0.1, 0.15) is 34.6 Å². The summed E-state index contributed by atoms with van der Waals surface area (Å²) in [7, 11) is 0. The van der Waals surface area contributed by atoms with Gasteiger partial charge in [0.25, 0.3) is 0 Å². The van der Waals surface area contributed by atoms with Crippen molar-refractivity contribution in [3.8, 4) is 21.0 Å². The highest BCUT2D eigenvalue weighted by molar-refractivity contribution is 7.89. The minimum absolute atomic E-state index is 0.185. The number of hydrogen-bond donors (Lipinski definition) is 4. The quantitative estimate of drug-likeness (QED) is 0.346. The zero-order valence-corrected chi connectivity index (χ0v) is 21.1. The molecule has 0 aliphatic rings. The van der Waals surface area contributed by atoms with E-state index in [1.807, 2.05) is 51.1 Å². The van der Waals surface area contributed by atoms with Crippen LogP contribution in [0.3, 0.4) is 0 Å². The van der Waals surface area contributed by atoms with Gasteiger partial charge in [0.05, 0.1) is 33.4 Å². The maximum atomic E-state index is 13.2. The molecule has 0 spiro atoms. The van der Waals surface area contributed by atoms with Crippen molar-refractivity contribution in [2.45, 2.75) is 51.2 Å². The Labute approximate surface area is 202 Å². The van der Waals surface area contributed by atoms with Gasteiger partial charge in [-0.1, -0.05) is 0 Å². The summed E-state index contributed by atoms with van der Waals surface area (Å²) in [5.74, 6) is -0.185. The van der Waals surface area contributed by atoms with Crippen LogP contribution < -0.4 is 15.4 Å². The molecule has 7 nitrogen and oxygen atoms in total. The summed E-state index contributed by atoms with van der Waals surface area (Å²) < 4.78 is 16.3. The van der Waals surface area contributed by atoms with Gasteiger partial charge in [-0.25, -0.2) is 4.98 Å². The Morgan fingerprint density at radius 1 is 1.18 bits per heavy atom. The standard InChI is InChI=1S/C24H30N4O3S2/c1-15(29)13-25-18-8-6-17(7-9-18)23-26-14-21(32-23)20-11-10-19(27-16(2)30)12-22(20)33(31)28-24(3,4)5/h6-12,14-15,25,28-29H,13H2,1-5H3,(H,27,30). The van der Waals surface area contributed by atoms with Crippen molar-refractivity contribution in [3.63, 3.8) is 0 Å². The SMILES string of the molecule is CC(=O)Nc1ccc(-c2cnc(-c3ccc(NCC(C)O)cc3)s2)c([S+]([O-])NC(C)(C)C)c1. The lowest BCUT2D eigenvalue weighted by Gasteiger charge is -2.23. The van der Waals surface area contributed by atoms with E-state index < -0.39 is 17.5 Å². The maximum absolute atomic E-state index is 13.2. The van der Waals surface area contributed by atoms with Gasteiger partial charge in [-0.2, -0.15) is 0 Å². The number of aliphatic hydroxyl groups is 1. The van der Waals surface area contributed by atoms with Gasteiger partial charge in [-0.05, 0) is 64.1 Å². The van der Waals surface area contributed by atoms with Crippen LogP contribution in [-0.2, 0) is 16.2 Å². The van der Waals surface area contributed by atoms with E-state index >= 15 is 0 Å². The number of benzene rings is 2. The molecule has 2 aromatic carbocycles. The molecule has 1 heterocycles. The second-order valence-electron chi connectivity index (χ2n) is 8.85. The Bertz CT molecular complexity index is 1090. The predicted molar refractivity (Wildman–Crippen MR) is 137 cm³/mol. The van der Waals surface area contributed by atoms with Gasteiger partial charge in [-0.3, -0.25) is 4.79 Å². The number of nitrogens with one attached hydrogen (secondary N) is 3. The number of nitrogens with zero attached hydrogens (tertiary/aromatic N) is 1. The van der Waals surface area contributed by atoms with Crippen molar-refractivity contribution in [2.75, 3.05) is 17.2 Å². The van der Waals surface area contributed by atoms with Gasteiger partial charge in [-0.15, -0.1) is 16.1 Å². The first kappa shape index (κ1) is 25.2. The molecule has 0 saturated carbocycles. The molecule has 0 radical (unpaired) electrons. The Morgan fingerprint density at radius 2 is 1.85 bits per heavy atom. The van der Waals surface area contributed by atoms with E-state index in [-0.39, 0.29) is 11.4 Å². The first-order valence-electron chi connectivity index (χ1n) is 10.6. The Kier molecular flexibility index (Phi) is 8.14. The molecule has 3 rings (SSSR count). The zero-order valence-electron chi connectivity index (χ0n) is 19.4. The fraction of sp³-hybridized carbons (Fsp3) is 0.333. The second kappa shape index (κ2) is 10.7. The van der Waals surface area contributed by atoms with Crippen molar-refractivity contribution >= 4 is 40.0 Å². The number of hydrogen-bond acceptors (Lipinski definition) is 7. The smallest absolute Gasteiger partial charge is 0.221 e. The molecule has 0 aliphatic carbocycles. The summed E-state index contributed by atoms with van der Waals surface area (Å²) >= 11 is 0.0256. The monoisotopic (exact) mass is 486 g/mol. The van der Waals surface area contributed by atoms with Crippen LogP contribution in [0.4, 0.5) is 11.4 Å². The van der Waals surface area contributed by atoms with E-state index in [1.54, 1.807) is 25.3 Å². The van der Waals surface area contributed by atoms with Gasteiger partial charge >= 0.3 is 0 Å². The maximum Gasteiger partial charge on any atom is 0.221 e. The highest BCUT2D eigenvalue weighted by atomic mass is 32.2. The molecule has 3 aromatic rings. The first-order valence-corrected chi connectivity index (χ1v) is 12.6. The minimum Gasteiger partial charge on any atom is -0.593 e. The molecule has 4 N–H and O–H groups in total. The number of rotatable bonds is 8. The van der Waals surface area contributed by atoms with Crippen molar-refractivity contribution < 1.29 is 14.5 Å². The van der Waals surface area contributed by atoms with E-state index in [0.717, 1.165) is 26.7 Å². The fourth-order valence-electron chi connectivity index (χ4n) is 3.02. The molecule has 2 atom stereocenters. The van der Waals surface area contributed by atoms with E-state index in [4.69, 9.17) is 0 Å². The lowest BCUT2D eigenvalue weighted by Crippen LogP contribution is -2.40. The molecule has 1 amide bonds. The highest BCUT2D eigenvalue weighted by Gasteiger charge is 2.25. The molecule has 1 aromatic heterocycles. The van der Waals surface area contributed by atoms with Crippen molar-refractivity contribution in [3.05, 3.63) is 48.7 Å². The molecule has 9 heteroatoms. The van der Waals surface area contributed by atoms with Crippen LogP contribution in [0, 0.1) is 0 Å². The van der Waals surface area contributed by atoms with Crippen LogP contribution in [0.25, 0.3) is 21.0 Å². The van der Waals surface area contributed by atoms with Crippen LogP contribution in [-0.4, -0.2) is 38.7 Å². The zero-order chi connectivity index (χ0) is 24.2. The lowest BCUT2D eigenvalue weighted by molar-refractivity contribution is -0.114. The second-order valence-corrected chi connectivity index (χ2v) is 11.1. The average Bonchev–Trinajstić information content (AvgIpc) is 3.21. The van der Waals surface area contributed by atoms with Crippen LogP contribution in [0.2, 0.25) is 0 Å². The Balaban J connectivity index is 1.90. The average molecular weight is 487 g/mol. The predicted octanol–water partition coefficient (Wildman–Crippen LogP) is 4.64. The van der Waals surface area contributed by atoms with Crippen molar-refractivity contribution in [1.82, 2.24) is 9.71 Å². The van der Waals surface area contributed by atoms with Gasteiger partial charge < -0.3 is 20.3 Å². The molecular weight excluding hydrogens is 456 g/mol. The van der Waals surface area contributed by atoms with Crippen LogP contribution in [0.15, 0.2) is 53.6 Å². The summed E-state index contributed by atoms with van der Waals surface area (Å²) in [4.78, 5) is 17.6. The number of amides is 1. The third kappa shape index (κ3) is 7.28. The highest BCUT2D eigenvalue weighted by Crippen LogP contribution is 2.37. The number of carbonyl (C=O) groups excluding carboxylic acids is 1. The Morgan fingerprint density at radius 3 is 2.45 bits per heavy atom. The molecule has 33 heavy (non-hydrogen) atoms. The molecule has 0 saturated heterocycles. The number of thiazole rings is 1.